The van der Waals surface area contributed by atoms with Gasteiger partial charge in [0.1, 0.15) is 5.75 Å². The van der Waals surface area contributed by atoms with Gasteiger partial charge in [0.05, 0.1) is 16.8 Å². The van der Waals surface area contributed by atoms with Crippen LogP contribution >= 0.6 is 0 Å². The normalized spacial score (nSPS) is 14.6. The Hall–Kier alpha value is -3.68. The van der Waals surface area contributed by atoms with Gasteiger partial charge in [-0.05, 0) is 54.4 Å². The number of rotatable bonds is 7. The molecule has 1 amide bonds. The molecule has 4 rings (SSSR count). The van der Waals surface area contributed by atoms with E-state index in [0.717, 1.165) is 55.8 Å². The van der Waals surface area contributed by atoms with E-state index in [1.54, 1.807) is 18.2 Å². The molecule has 176 valence electrons. The smallest absolute Gasteiger partial charge is 0.337 e. The maximum atomic E-state index is 13.1. The highest BCUT2D eigenvalue weighted by Crippen LogP contribution is 2.27. The number of aromatic carboxylic acids is 1. The summed E-state index contributed by atoms with van der Waals surface area (Å²) in [6.07, 6.45) is 0.758. The lowest BCUT2D eigenvalue weighted by atomic mass is 10.0. The van der Waals surface area contributed by atoms with Gasteiger partial charge in [0.2, 0.25) is 0 Å². The second-order valence-electron chi connectivity index (χ2n) is 8.63. The highest BCUT2D eigenvalue weighted by atomic mass is 16.4. The van der Waals surface area contributed by atoms with E-state index in [1.807, 2.05) is 36.4 Å². The van der Waals surface area contributed by atoms with E-state index in [2.05, 4.69) is 22.2 Å². The minimum atomic E-state index is -1.14. The zero-order valence-corrected chi connectivity index (χ0v) is 19.2. The molecular formula is C27H29N3O4. The number of hydrogen-bond donors (Lipinski definition) is 3. The monoisotopic (exact) mass is 459 g/mol. The molecule has 0 bridgehead atoms. The lowest BCUT2D eigenvalue weighted by Crippen LogP contribution is -2.45. The molecule has 0 aromatic heterocycles. The number of carboxylic acid groups (broad SMARTS) is 1. The summed E-state index contributed by atoms with van der Waals surface area (Å²) in [5, 5.41) is 22.7. The number of hydrogen-bond acceptors (Lipinski definition) is 5. The van der Waals surface area contributed by atoms with Crippen molar-refractivity contribution in [2.75, 3.05) is 45.1 Å². The fourth-order valence-electron chi connectivity index (χ4n) is 4.11. The number of anilines is 1. The number of aromatic hydroxyl groups is 1. The number of benzene rings is 3. The van der Waals surface area contributed by atoms with Crippen LogP contribution in [0.25, 0.3) is 11.1 Å². The second kappa shape index (κ2) is 10.5. The van der Waals surface area contributed by atoms with Crippen LogP contribution in [0.4, 0.5) is 5.69 Å². The Morgan fingerprint density at radius 1 is 0.882 bits per heavy atom. The van der Waals surface area contributed by atoms with E-state index in [0.29, 0.717) is 0 Å². The van der Waals surface area contributed by atoms with E-state index in [4.69, 9.17) is 0 Å². The summed E-state index contributed by atoms with van der Waals surface area (Å²) in [5.41, 5.74) is 2.92. The second-order valence-corrected chi connectivity index (χ2v) is 8.63. The Morgan fingerprint density at radius 2 is 1.62 bits per heavy atom. The zero-order chi connectivity index (χ0) is 24.1. The zero-order valence-electron chi connectivity index (χ0n) is 19.2. The standard InChI is InChI=1S/C27H29N3O4/c1-29-13-15-30(16-14-29)12-11-19-7-10-25(31)23(17-19)26(32)28-24-18-21(8-9-22(24)27(33)34)20-5-3-2-4-6-20/h2-10,17-18,31H,11-16H2,1H3,(H,28,32)(H,33,34). The van der Waals surface area contributed by atoms with Gasteiger partial charge in [-0.3, -0.25) is 4.79 Å². The fourth-order valence-corrected chi connectivity index (χ4v) is 4.11. The first kappa shape index (κ1) is 23.5. The maximum absolute atomic E-state index is 13.1. The summed E-state index contributed by atoms with van der Waals surface area (Å²) in [6.45, 7) is 4.98. The molecule has 0 unspecified atom stereocenters. The van der Waals surface area contributed by atoms with Crippen molar-refractivity contribution in [3.8, 4) is 16.9 Å². The van der Waals surface area contributed by atoms with E-state index in [9.17, 15) is 19.8 Å². The van der Waals surface area contributed by atoms with E-state index in [1.165, 1.54) is 12.1 Å². The van der Waals surface area contributed by atoms with Crippen LogP contribution in [-0.2, 0) is 6.42 Å². The molecule has 0 saturated carbocycles. The van der Waals surface area contributed by atoms with Crippen LogP contribution in [-0.4, -0.2) is 71.7 Å². The molecule has 0 atom stereocenters. The number of amides is 1. The number of carboxylic acids is 1. The van der Waals surface area contributed by atoms with Gasteiger partial charge >= 0.3 is 5.97 Å². The first-order chi connectivity index (χ1) is 16.4. The average Bonchev–Trinajstić information content (AvgIpc) is 2.84. The third-order valence-electron chi connectivity index (χ3n) is 6.22. The predicted molar refractivity (Wildman–Crippen MR) is 133 cm³/mol. The van der Waals surface area contributed by atoms with Crippen molar-refractivity contribution in [1.82, 2.24) is 9.80 Å². The topological polar surface area (TPSA) is 93.1 Å². The third kappa shape index (κ3) is 5.62. The van der Waals surface area contributed by atoms with Crippen molar-refractivity contribution >= 4 is 17.6 Å². The molecule has 3 N–H and O–H groups in total. The molecule has 0 spiro atoms. The third-order valence-corrected chi connectivity index (χ3v) is 6.22. The number of phenolic OH excluding ortho intramolecular Hbond substituents is 1. The van der Waals surface area contributed by atoms with Gasteiger partial charge in [-0.25, -0.2) is 4.79 Å². The van der Waals surface area contributed by atoms with Gasteiger partial charge in [0.15, 0.2) is 0 Å². The number of phenols is 1. The first-order valence-electron chi connectivity index (χ1n) is 11.4. The van der Waals surface area contributed by atoms with E-state index in [-0.39, 0.29) is 22.6 Å². The predicted octanol–water partition coefficient (Wildman–Crippen LogP) is 3.80. The molecule has 1 aliphatic rings. The molecule has 0 aliphatic carbocycles. The van der Waals surface area contributed by atoms with Crippen molar-refractivity contribution in [3.05, 3.63) is 83.4 Å². The lowest BCUT2D eigenvalue weighted by molar-refractivity contribution is 0.0698. The molecule has 1 fully saturated rings. The quantitative estimate of drug-likeness (QED) is 0.498. The Kier molecular flexibility index (Phi) is 7.25. The van der Waals surface area contributed by atoms with Gasteiger partial charge in [0, 0.05) is 32.7 Å². The molecule has 7 heteroatoms. The van der Waals surface area contributed by atoms with Crippen molar-refractivity contribution in [2.24, 2.45) is 0 Å². The summed E-state index contributed by atoms with van der Waals surface area (Å²) < 4.78 is 0. The van der Waals surface area contributed by atoms with Gasteiger partial charge in [0.25, 0.3) is 5.91 Å². The number of nitrogens with zero attached hydrogens (tertiary/aromatic N) is 2. The Morgan fingerprint density at radius 3 is 2.32 bits per heavy atom. The Balaban J connectivity index is 1.52. The van der Waals surface area contributed by atoms with Gasteiger partial charge < -0.3 is 25.3 Å². The van der Waals surface area contributed by atoms with Crippen LogP contribution < -0.4 is 5.32 Å². The summed E-state index contributed by atoms with van der Waals surface area (Å²) in [7, 11) is 2.12. The molecule has 1 heterocycles. The number of carbonyl (C=O) groups excluding carboxylic acids is 1. The largest absolute Gasteiger partial charge is 0.507 e. The Labute approximate surface area is 199 Å². The van der Waals surface area contributed by atoms with Crippen LogP contribution in [0.3, 0.4) is 0 Å². The van der Waals surface area contributed by atoms with Crippen LogP contribution in [0.2, 0.25) is 0 Å². The highest BCUT2D eigenvalue weighted by Gasteiger charge is 2.18. The minimum Gasteiger partial charge on any atom is -0.507 e. The molecule has 3 aromatic carbocycles. The van der Waals surface area contributed by atoms with Gasteiger partial charge in [-0.1, -0.05) is 42.5 Å². The highest BCUT2D eigenvalue weighted by molar-refractivity contribution is 6.09. The van der Waals surface area contributed by atoms with Gasteiger partial charge in [-0.15, -0.1) is 0 Å². The SMILES string of the molecule is CN1CCN(CCc2ccc(O)c(C(=O)Nc3cc(-c4ccccc4)ccc3C(=O)O)c2)CC1. The minimum absolute atomic E-state index is 0.0151. The molecular weight excluding hydrogens is 430 g/mol. The number of nitrogens with one attached hydrogen (secondary N) is 1. The van der Waals surface area contributed by atoms with Crippen LogP contribution in [0, 0.1) is 0 Å². The maximum Gasteiger partial charge on any atom is 0.337 e. The number of piperazine rings is 1. The van der Waals surface area contributed by atoms with E-state index >= 15 is 0 Å². The number of likely N-dealkylation sites (N-methyl/N-ethyl adjacent to an activating group) is 1. The molecule has 1 saturated heterocycles. The van der Waals surface area contributed by atoms with Crippen molar-refractivity contribution in [3.63, 3.8) is 0 Å². The lowest BCUT2D eigenvalue weighted by Gasteiger charge is -2.32. The van der Waals surface area contributed by atoms with E-state index < -0.39 is 11.9 Å². The number of carbonyl (C=O) groups is 2. The molecule has 34 heavy (non-hydrogen) atoms. The molecule has 1 aliphatic heterocycles. The summed E-state index contributed by atoms with van der Waals surface area (Å²) >= 11 is 0. The van der Waals surface area contributed by atoms with Crippen LogP contribution in [0.5, 0.6) is 5.75 Å². The summed E-state index contributed by atoms with van der Waals surface area (Å²) in [4.78, 5) is 29.5. The average molecular weight is 460 g/mol. The van der Waals surface area contributed by atoms with Crippen molar-refractivity contribution < 1.29 is 19.8 Å². The first-order valence-corrected chi connectivity index (χ1v) is 11.4. The molecule has 3 aromatic rings. The van der Waals surface area contributed by atoms with Crippen LogP contribution in [0.1, 0.15) is 26.3 Å². The molecule has 0 radical (unpaired) electrons. The summed E-state index contributed by atoms with van der Waals surface area (Å²) in [5.74, 6) is -1.83. The van der Waals surface area contributed by atoms with Gasteiger partial charge in [-0.2, -0.15) is 0 Å². The van der Waals surface area contributed by atoms with Crippen molar-refractivity contribution in [2.45, 2.75) is 6.42 Å². The molecule has 7 nitrogen and oxygen atoms in total. The van der Waals surface area contributed by atoms with Crippen LogP contribution in [0.15, 0.2) is 66.7 Å². The fraction of sp³-hybridized carbons (Fsp3) is 0.259. The Bertz CT molecular complexity index is 1170. The van der Waals surface area contributed by atoms with Crippen molar-refractivity contribution in [1.29, 1.82) is 0 Å². The summed E-state index contributed by atoms with van der Waals surface area (Å²) in [6, 6.07) is 19.4.